The summed E-state index contributed by atoms with van der Waals surface area (Å²) >= 11 is 1.63. The molecule has 1 saturated heterocycles. The van der Waals surface area contributed by atoms with Gasteiger partial charge in [-0.3, -0.25) is 9.59 Å². The SMILES string of the molecule is CC(C)CCNC(=O)C1CSC(C(C)C)N1C(=O)c1ccc(F)cc1. The average molecular weight is 367 g/mol. The molecule has 2 rings (SSSR count). The molecule has 1 aliphatic rings. The number of nitrogens with zero attached hydrogens (tertiary/aromatic N) is 1. The van der Waals surface area contributed by atoms with E-state index in [4.69, 9.17) is 0 Å². The van der Waals surface area contributed by atoms with Gasteiger partial charge >= 0.3 is 0 Å². The number of carbonyl (C=O) groups is 2. The van der Waals surface area contributed by atoms with Gasteiger partial charge < -0.3 is 10.2 Å². The van der Waals surface area contributed by atoms with Crippen LogP contribution in [-0.2, 0) is 4.79 Å². The summed E-state index contributed by atoms with van der Waals surface area (Å²) in [5.41, 5.74) is 0.412. The van der Waals surface area contributed by atoms with Crippen LogP contribution in [0.2, 0.25) is 0 Å². The fourth-order valence-electron chi connectivity index (χ4n) is 2.84. The Labute approximate surface area is 153 Å². The third-order valence-corrected chi connectivity index (χ3v) is 5.88. The van der Waals surface area contributed by atoms with Gasteiger partial charge in [-0.2, -0.15) is 0 Å². The van der Waals surface area contributed by atoms with Crippen molar-refractivity contribution in [1.82, 2.24) is 10.2 Å². The Morgan fingerprint density at radius 1 is 1.24 bits per heavy atom. The van der Waals surface area contributed by atoms with E-state index >= 15 is 0 Å². The monoisotopic (exact) mass is 366 g/mol. The lowest BCUT2D eigenvalue weighted by Gasteiger charge is -2.31. The molecule has 6 heteroatoms. The average Bonchev–Trinajstić information content (AvgIpc) is 2.99. The molecule has 0 spiro atoms. The summed E-state index contributed by atoms with van der Waals surface area (Å²) in [6.07, 6.45) is 0.908. The third kappa shape index (κ3) is 4.97. The molecule has 2 atom stereocenters. The molecule has 1 aromatic carbocycles. The highest BCUT2D eigenvalue weighted by Crippen LogP contribution is 2.35. The quantitative estimate of drug-likeness (QED) is 0.838. The molecule has 2 unspecified atom stereocenters. The zero-order chi connectivity index (χ0) is 18.6. The van der Waals surface area contributed by atoms with E-state index in [1.54, 1.807) is 16.7 Å². The fourth-order valence-corrected chi connectivity index (χ4v) is 4.32. The molecule has 138 valence electrons. The largest absolute Gasteiger partial charge is 0.354 e. The lowest BCUT2D eigenvalue weighted by atomic mass is 10.1. The molecule has 1 aromatic rings. The summed E-state index contributed by atoms with van der Waals surface area (Å²) in [7, 11) is 0. The summed E-state index contributed by atoms with van der Waals surface area (Å²) in [5, 5.41) is 2.90. The summed E-state index contributed by atoms with van der Waals surface area (Å²) in [4.78, 5) is 27.3. The first kappa shape index (κ1) is 19.8. The lowest BCUT2D eigenvalue weighted by molar-refractivity contribution is -0.125. The first-order valence-corrected chi connectivity index (χ1v) is 9.83. The van der Waals surface area contributed by atoms with Gasteiger partial charge in [-0.05, 0) is 42.5 Å². The van der Waals surface area contributed by atoms with E-state index in [2.05, 4.69) is 19.2 Å². The molecule has 1 N–H and O–H groups in total. The van der Waals surface area contributed by atoms with Crippen molar-refractivity contribution in [2.75, 3.05) is 12.3 Å². The highest BCUT2D eigenvalue weighted by molar-refractivity contribution is 8.00. The Balaban J connectivity index is 2.16. The van der Waals surface area contributed by atoms with Crippen LogP contribution in [0.3, 0.4) is 0 Å². The van der Waals surface area contributed by atoms with E-state index in [0.29, 0.717) is 23.8 Å². The van der Waals surface area contributed by atoms with Crippen LogP contribution in [0.25, 0.3) is 0 Å². The summed E-state index contributed by atoms with van der Waals surface area (Å²) in [6, 6.07) is 5.02. The summed E-state index contributed by atoms with van der Waals surface area (Å²) < 4.78 is 13.1. The number of nitrogens with one attached hydrogen (secondary N) is 1. The maximum absolute atomic E-state index is 13.1. The van der Waals surface area contributed by atoms with Gasteiger partial charge in [0, 0.05) is 17.9 Å². The molecule has 25 heavy (non-hydrogen) atoms. The molecule has 1 fully saturated rings. The molecule has 0 bridgehead atoms. The minimum absolute atomic E-state index is 0.0570. The van der Waals surface area contributed by atoms with Crippen LogP contribution in [0.5, 0.6) is 0 Å². The first-order chi connectivity index (χ1) is 11.8. The van der Waals surface area contributed by atoms with Gasteiger partial charge in [-0.25, -0.2) is 4.39 Å². The van der Waals surface area contributed by atoms with Gasteiger partial charge in [0.05, 0.1) is 5.37 Å². The lowest BCUT2D eigenvalue weighted by Crippen LogP contribution is -2.51. The topological polar surface area (TPSA) is 49.4 Å². The fraction of sp³-hybridized carbons (Fsp3) is 0.579. The van der Waals surface area contributed by atoms with Crippen LogP contribution in [0.1, 0.15) is 44.5 Å². The minimum Gasteiger partial charge on any atom is -0.354 e. The Kier molecular flexibility index (Phi) is 6.87. The number of benzene rings is 1. The van der Waals surface area contributed by atoms with E-state index in [1.165, 1.54) is 24.3 Å². The predicted molar refractivity (Wildman–Crippen MR) is 99.9 cm³/mol. The van der Waals surface area contributed by atoms with Crippen molar-refractivity contribution < 1.29 is 14.0 Å². The van der Waals surface area contributed by atoms with Gasteiger partial charge in [-0.15, -0.1) is 11.8 Å². The van der Waals surface area contributed by atoms with Crippen molar-refractivity contribution in [2.45, 2.75) is 45.5 Å². The van der Waals surface area contributed by atoms with Crippen LogP contribution >= 0.6 is 11.8 Å². The number of hydrogen-bond acceptors (Lipinski definition) is 3. The van der Waals surface area contributed by atoms with E-state index in [0.717, 1.165) is 6.42 Å². The van der Waals surface area contributed by atoms with Crippen molar-refractivity contribution in [3.8, 4) is 0 Å². The molecule has 1 aliphatic heterocycles. The standard InChI is InChI=1S/C19H27FN2O2S/c1-12(2)9-10-21-17(23)16-11-25-19(13(3)4)22(16)18(24)14-5-7-15(20)8-6-14/h5-8,12-13,16,19H,9-11H2,1-4H3,(H,21,23). The minimum atomic E-state index is -0.484. The maximum Gasteiger partial charge on any atom is 0.255 e. The predicted octanol–water partition coefficient (Wildman–Crippen LogP) is 3.53. The zero-order valence-corrected chi connectivity index (χ0v) is 16.1. The Hall–Kier alpha value is -1.56. The van der Waals surface area contributed by atoms with Crippen LogP contribution in [-0.4, -0.2) is 40.4 Å². The smallest absolute Gasteiger partial charge is 0.255 e. The van der Waals surface area contributed by atoms with Gasteiger partial charge in [0.1, 0.15) is 11.9 Å². The van der Waals surface area contributed by atoms with E-state index in [9.17, 15) is 14.0 Å². The van der Waals surface area contributed by atoms with Gasteiger partial charge in [0.25, 0.3) is 5.91 Å². The molecule has 0 aromatic heterocycles. The van der Waals surface area contributed by atoms with E-state index in [1.807, 2.05) is 13.8 Å². The van der Waals surface area contributed by atoms with Crippen molar-refractivity contribution in [3.05, 3.63) is 35.6 Å². The maximum atomic E-state index is 13.1. The number of halogens is 1. The zero-order valence-electron chi connectivity index (χ0n) is 15.3. The summed E-state index contributed by atoms with van der Waals surface area (Å²) in [6.45, 7) is 8.92. The molecule has 4 nitrogen and oxygen atoms in total. The highest BCUT2D eigenvalue weighted by Gasteiger charge is 2.42. The molecule has 1 heterocycles. The number of rotatable bonds is 6. The summed E-state index contributed by atoms with van der Waals surface area (Å²) in [5.74, 6) is 0.625. The van der Waals surface area contributed by atoms with Crippen LogP contribution in [0, 0.1) is 17.7 Å². The molecule has 0 saturated carbocycles. The van der Waals surface area contributed by atoms with Crippen molar-refractivity contribution in [2.24, 2.45) is 11.8 Å². The molecule has 0 radical (unpaired) electrons. The van der Waals surface area contributed by atoms with Crippen LogP contribution in [0.4, 0.5) is 4.39 Å². The van der Waals surface area contributed by atoms with Gasteiger partial charge in [0.15, 0.2) is 0 Å². The number of hydrogen-bond donors (Lipinski definition) is 1. The second kappa shape index (κ2) is 8.70. The second-order valence-corrected chi connectivity index (χ2v) is 8.33. The number of thioether (sulfide) groups is 1. The Morgan fingerprint density at radius 3 is 2.44 bits per heavy atom. The van der Waals surface area contributed by atoms with Gasteiger partial charge in [0.2, 0.25) is 5.91 Å². The molecular formula is C19H27FN2O2S. The number of carbonyl (C=O) groups excluding carboxylic acids is 2. The van der Waals surface area contributed by atoms with Crippen LogP contribution in [0.15, 0.2) is 24.3 Å². The Bertz CT molecular complexity index is 604. The molecule has 2 amide bonds. The van der Waals surface area contributed by atoms with Crippen LogP contribution < -0.4 is 5.32 Å². The van der Waals surface area contributed by atoms with E-state index in [-0.39, 0.29) is 28.9 Å². The van der Waals surface area contributed by atoms with Crippen molar-refractivity contribution in [3.63, 3.8) is 0 Å². The normalized spacial score (nSPS) is 20.4. The number of amides is 2. The molecule has 0 aliphatic carbocycles. The van der Waals surface area contributed by atoms with Crippen molar-refractivity contribution in [1.29, 1.82) is 0 Å². The highest BCUT2D eigenvalue weighted by atomic mass is 32.2. The van der Waals surface area contributed by atoms with Gasteiger partial charge in [-0.1, -0.05) is 27.7 Å². The van der Waals surface area contributed by atoms with E-state index < -0.39 is 6.04 Å². The van der Waals surface area contributed by atoms with Crippen molar-refractivity contribution >= 4 is 23.6 Å². The second-order valence-electron chi connectivity index (χ2n) is 7.18. The molecular weight excluding hydrogens is 339 g/mol. The Morgan fingerprint density at radius 2 is 1.88 bits per heavy atom. The third-order valence-electron chi connectivity index (χ3n) is 4.25. The first-order valence-electron chi connectivity index (χ1n) is 8.78.